The number of aromatic hydroxyl groups is 1. The molecule has 1 unspecified atom stereocenters. The number of hydrogen-bond donors (Lipinski definition) is 2. The quantitative estimate of drug-likeness (QED) is 0.0897. The van der Waals surface area contributed by atoms with Crippen molar-refractivity contribution in [1.29, 1.82) is 0 Å². The summed E-state index contributed by atoms with van der Waals surface area (Å²) in [5, 5.41) is 19.0. The number of hydrogen-bond acceptors (Lipinski definition) is 27. The van der Waals surface area contributed by atoms with E-state index in [1.54, 1.807) is 141 Å². The Morgan fingerprint density at radius 1 is 0.384 bits per heavy atom. The Balaban J connectivity index is 0.000000112. The van der Waals surface area contributed by atoms with E-state index in [0.717, 1.165) is 58.6 Å². The van der Waals surface area contributed by atoms with Crippen LogP contribution in [0.25, 0.3) is 17.2 Å². The van der Waals surface area contributed by atoms with E-state index in [4.69, 9.17) is 26.8 Å². The third-order valence-electron chi connectivity index (χ3n) is 24.4. The Hall–Kier alpha value is -18.0. The average molecular weight is 2050 g/mol. The molecule has 7 aromatic heterocycles. The third kappa shape index (κ3) is 17.7. The molecular weight excluding hydrogens is 1980 g/mol. The van der Waals surface area contributed by atoms with Gasteiger partial charge >= 0.3 is 0 Å². The van der Waals surface area contributed by atoms with Crippen molar-refractivity contribution in [2.24, 2.45) is 0 Å². The van der Waals surface area contributed by atoms with Crippen molar-refractivity contribution in [1.82, 2.24) is 0 Å². The van der Waals surface area contributed by atoms with Gasteiger partial charge in [0.15, 0.2) is 80.8 Å². The molecule has 0 amide bonds. The summed E-state index contributed by atoms with van der Waals surface area (Å²) in [6.45, 7) is 9.97. The number of benzene rings is 10. The molecule has 0 spiro atoms. The number of phenolic OH excluding ortho intramolecular Hbond substituents is 1. The number of thiophene rings is 2. The number of aryl methyl sites for hydroxylation is 2. The predicted octanol–water partition coefficient (Wildman–Crippen LogP) is 22.2. The number of carbonyl (C=O) groups excluding carboxylic acids is 17. The predicted molar refractivity (Wildman–Crippen MR) is 526 cm³/mol. The number of ketones is 17. The largest absolute Gasteiger partial charge is 0.508 e. The highest BCUT2D eigenvalue weighted by atomic mass is 79.9. The van der Waals surface area contributed by atoms with E-state index >= 15 is 0 Å². The second-order valence-electron chi connectivity index (χ2n) is 33.4. The first kappa shape index (κ1) is 98.2. The van der Waals surface area contributed by atoms with Crippen LogP contribution in [0.5, 0.6) is 11.5 Å². The molecule has 718 valence electrons. The fourth-order valence-electron chi connectivity index (χ4n) is 17.3. The van der Waals surface area contributed by atoms with Gasteiger partial charge in [-0.15, -0.1) is 22.7 Å². The lowest BCUT2D eigenvalue weighted by Gasteiger charge is -2.13. The minimum absolute atomic E-state index is 0.0102. The average Bonchev–Trinajstić information content (AvgIpc) is 1.59. The molecule has 0 saturated carbocycles. The Morgan fingerprint density at radius 2 is 0.747 bits per heavy atom. The van der Waals surface area contributed by atoms with Crippen LogP contribution >= 0.6 is 38.6 Å². The number of Topliss-reactive ketones (excluding diaryl/α,β-unsaturated/α-hetero) is 1. The van der Waals surface area contributed by atoms with E-state index in [1.807, 2.05) is 37.3 Å². The van der Waals surface area contributed by atoms with Crippen LogP contribution in [-0.4, -0.2) is 116 Å². The van der Waals surface area contributed by atoms with Crippen molar-refractivity contribution in [3.05, 3.63) is 496 Å². The van der Waals surface area contributed by atoms with Crippen LogP contribution in [0, 0.1) is 24.4 Å². The van der Waals surface area contributed by atoms with Gasteiger partial charge < -0.3 is 37.0 Å². The molecule has 7 aliphatic rings. The molecule has 0 bridgehead atoms. The van der Waals surface area contributed by atoms with Crippen LogP contribution in [0.15, 0.2) is 290 Å². The summed E-state index contributed by atoms with van der Waals surface area (Å²) in [7, 11) is 1.55. The zero-order chi connectivity index (χ0) is 104. The second kappa shape index (κ2) is 39.8. The Bertz CT molecular complexity index is 8500. The number of aliphatic hydroxyl groups excluding tert-OH is 1. The number of phenols is 1. The maximum Gasteiger partial charge on any atom is 0.229 e. The Labute approximate surface area is 840 Å². The maximum absolute atomic E-state index is 13.2. The number of carbonyl (C=O) groups is 17. The number of furan rings is 5. The summed E-state index contributed by atoms with van der Waals surface area (Å²) in [5.41, 5.74) is 8.41. The van der Waals surface area contributed by atoms with E-state index in [2.05, 4.69) is 22.5 Å². The molecule has 0 aliphatic heterocycles. The van der Waals surface area contributed by atoms with Crippen molar-refractivity contribution in [2.75, 3.05) is 7.11 Å². The standard InChI is InChI=1S/C20H12O4S.C19H10O4S.C19H12O3.C15H9BrO4.C14H9FO4.C14H9FO3.C14H7FO3/c1-24-12-8-6-11(7-9-12)17(21)16-10-15-18(22)13-4-2-3-5-14(13)19(23)20(15)25-16;20-11-7-5-10(6-8-11)16(21)15-9-14-17(22)12-3-1-2-4-13(12)18(23)19(14)24-15;1-11-15(12-7-3-2-4-8-12)16-17(20)13-9-5-6-10-14(13)18(21)19(16)22-11;1-7(17)14-10(6-16)11-12(18)8-4-2-3-5-9(8)13(19)15(11)20-14;1-6(16)11-5-10-12(17)8-3-2-7(15)4-9(8)13(18)14(10)19-11;2*1-2-8-6-11-12(16)9-4-3-7(15)5-10(9)13(17)14(11)18-8/h2-10H,1H3;1-9,20H;2-10H,1H3;2-5H,6H2,1H3;2-6,16H,1H3;3-6H,2H2,1H3;2-6H,1H2. The number of rotatable bonds is 11. The first-order valence-corrected chi connectivity index (χ1v) is 47.2. The highest BCUT2D eigenvalue weighted by molar-refractivity contribution is 9.08. The van der Waals surface area contributed by atoms with Crippen molar-refractivity contribution >= 4 is 143 Å². The normalized spacial score (nSPS) is 13.2. The molecule has 10 aromatic carbocycles. The number of methoxy groups -OCH3 is 1. The van der Waals surface area contributed by atoms with Crippen LogP contribution in [0.4, 0.5) is 13.2 Å². The fourth-order valence-corrected chi connectivity index (χ4v) is 20.0. The monoisotopic (exact) mass is 2050 g/mol. The molecular formula is C115H68BrF3O25S2. The second-order valence-corrected chi connectivity index (χ2v) is 36.0. The summed E-state index contributed by atoms with van der Waals surface area (Å²) in [5.74, 6) is -4.48. The maximum atomic E-state index is 13.2. The van der Waals surface area contributed by atoms with E-state index in [-0.39, 0.29) is 188 Å². The summed E-state index contributed by atoms with van der Waals surface area (Å²) >= 11 is 5.35. The summed E-state index contributed by atoms with van der Waals surface area (Å²) in [6.07, 6.45) is 1.08. The number of ether oxygens (including phenoxy) is 1. The SMILES string of the molecule is C=Cc1cc2c(o1)C(=O)c1cc(F)ccc1C2=O.CC(=O)c1oc2c(c1CBr)C(=O)c1ccccc1C2=O.CC(O)c1cc2c(o1)C(=O)c1cc(F)ccc1C2=O.CCc1cc2c(o1)C(=O)c1cc(F)ccc1C2=O.COc1ccc(C(=O)c2cc3c(s2)C(=O)c2ccccc2C3=O)cc1.Cc1oc2c(c1-c1ccccc1)C(=O)c1ccccc1C2=O.O=C(c1ccc(O)cc1)c1cc2c(s1)C(=O)c1ccccc1C2=O. The number of fused-ring (bicyclic) bond motifs is 14. The molecule has 0 fully saturated rings. The minimum atomic E-state index is -0.925. The van der Waals surface area contributed by atoms with Crippen molar-refractivity contribution in [3.8, 4) is 22.6 Å². The van der Waals surface area contributed by atoms with Crippen LogP contribution in [-0.2, 0) is 11.8 Å². The van der Waals surface area contributed by atoms with E-state index in [0.29, 0.717) is 127 Å². The summed E-state index contributed by atoms with van der Waals surface area (Å²) < 4.78 is 71.3. The lowest BCUT2D eigenvalue weighted by Crippen LogP contribution is -2.20. The van der Waals surface area contributed by atoms with Crippen molar-refractivity contribution in [2.45, 2.75) is 45.5 Å². The first-order chi connectivity index (χ1) is 70.1. The first-order valence-electron chi connectivity index (χ1n) is 44.4. The summed E-state index contributed by atoms with van der Waals surface area (Å²) in [6, 6.07) is 67.0. The van der Waals surface area contributed by atoms with Gasteiger partial charge in [0.1, 0.15) is 58.1 Å². The molecule has 24 rings (SSSR count). The van der Waals surface area contributed by atoms with Gasteiger partial charge in [0.25, 0.3) is 0 Å². The number of aliphatic hydroxyl groups is 1. The van der Waals surface area contributed by atoms with E-state index < -0.39 is 46.7 Å². The lowest BCUT2D eigenvalue weighted by molar-refractivity contribution is 0.0945. The lowest BCUT2D eigenvalue weighted by atomic mass is 9.85. The van der Waals surface area contributed by atoms with Crippen molar-refractivity contribution in [3.63, 3.8) is 0 Å². The summed E-state index contributed by atoms with van der Waals surface area (Å²) in [4.78, 5) is 212. The van der Waals surface area contributed by atoms with Gasteiger partial charge in [0, 0.05) is 130 Å². The number of alkyl halides is 1. The highest BCUT2D eigenvalue weighted by Crippen LogP contribution is 2.44. The van der Waals surface area contributed by atoms with E-state index in [1.165, 1.54) is 92.7 Å². The van der Waals surface area contributed by atoms with Crippen molar-refractivity contribution < 1.29 is 132 Å². The Kier molecular flexibility index (Phi) is 26.8. The molecule has 31 heteroatoms. The van der Waals surface area contributed by atoms with Crippen LogP contribution < -0.4 is 4.74 Å². The molecule has 17 aromatic rings. The van der Waals surface area contributed by atoms with Gasteiger partial charge in [-0.25, -0.2) is 13.2 Å². The fraction of sp³-hybridized carbons (Fsp3) is 0.0696. The van der Waals surface area contributed by atoms with Gasteiger partial charge in [-0.3, -0.25) is 81.5 Å². The minimum Gasteiger partial charge on any atom is -0.508 e. The van der Waals surface area contributed by atoms with Crippen LogP contribution in [0.2, 0.25) is 0 Å². The Morgan fingerprint density at radius 3 is 1.16 bits per heavy atom. The molecule has 0 radical (unpaired) electrons. The molecule has 7 aliphatic carbocycles. The smallest absolute Gasteiger partial charge is 0.229 e. The van der Waals surface area contributed by atoms with E-state index in [9.17, 15) is 105 Å². The zero-order valence-corrected chi connectivity index (χ0v) is 79.9. The van der Waals surface area contributed by atoms with Crippen LogP contribution in [0.1, 0.15) is 319 Å². The zero-order valence-electron chi connectivity index (χ0n) is 76.7. The molecule has 7 heterocycles. The topological polar surface area (TPSA) is 406 Å². The van der Waals surface area contributed by atoms with Gasteiger partial charge in [0.05, 0.1) is 54.4 Å². The van der Waals surface area contributed by atoms with Gasteiger partial charge in [-0.05, 0) is 159 Å². The molecule has 0 saturated heterocycles. The third-order valence-corrected chi connectivity index (χ3v) is 27.3. The van der Waals surface area contributed by atoms with Gasteiger partial charge in [-0.2, -0.15) is 0 Å². The van der Waals surface area contributed by atoms with Gasteiger partial charge in [0.2, 0.25) is 52.0 Å². The number of halogens is 4. The molecule has 1 atom stereocenters. The van der Waals surface area contributed by atoms with Crippen LogP contribution in [0.3, 0.4) is 0 Å². The highest BCUT2D eigenvalue weighted by Gasteiger charge is 2.43. The molecule has 2 N–H and O–H groups in total. The van der Waals surface area contributed by atoms with Gasteiger partial charge in [-0.1, -0.05) is 157 Å². The molecule has 146 heavy (non-hydrogen) atoms. The molecule has 25 nitrogen and oxygen atoms in total.